The number of hydrogen-bond acceptors (Lipinski definition) is 4. The van der Waals surface area contributed by atoms with Crippen LogP contribution in [0.1, 0.15) is 18.1 Å². The topological polar surface area (TPSA) is 40.6 Å². The molecular formula is C21H21NO3. The minimum Gasteiger partial charge on any atom is -0.497 e. The average molecular weight is 335 g/mol. The lowest BCUT2D eigenvalue weighted by molar-refractivity contribution is 0.299. The van der Waals surface area contributed by atoms with Crippen LogP contribution in [0.25, 0.3) is 16.7 Å². The highest BCUT2D eigenvalue weighted by Crippen LogP contribution is 2.27. The van der Waals surface area contributed by atoms with Gasteiger partial charge in [0.1, 0.15) is 23.9 Å². The molecule has 0 aliphatic carbocycles. The molecule has 0 bridgehead atoms. The quantitative estimate of drug-likeness (QED) is 0.580. The standard InChI is InChI=1S/C21H21NO3/c1-4-24-15(2)17-7-10-19-20(13-17)22-12-11-21(19)25-14-16-5-8-18(23-3)9-6-16/h5-13H,2,4,14H2,1,3H3. The summed E-state index contributed by atoms with van der Waals surface area (Å²) >= 11 is 0. The molecule has 0 unspecified atom stereocenters. The summed E-state index contributed by atoms with van der Waals surface area (Å²) in [6.45, 7) is 6.96. The molecule has 0 aliphatic heterocycles. The van der Waals surface area contributed by atoms with Crippen LogP contribution in [0.3, 0.4) is 0 Å². The van der Waals surface area contributed by atoms with Crippen molar-refractivity contribution in [3.63, 3.8) is 0 Å². The second-order valence-electron chi connectivity index (χ2n) is 5.53. The van der Waals surface area contributed by atoms with E-state index in [9.17, 15) is 0 Å². The molecule has 0 saturated carbocycles. The molecule has 0 radical (unpaired) electrons. The number of methoxy groups -OCH3 is 1. The normalized spacial score (nSPS) is 10.5. The molecule has 1 aromatic heterocycles. The molecule has 0 aliphatic rings. The highest BCUT2D eigenvalue weighted by Gasteiger charge is 2.07. The van der Waals surface area contributed by atoms with Crippen LogP contribution in [-0.2, 0) is 11.3 Å². The van der Waals surface area contributed by atoms with Gasteiger partial charge in [0.2, 0.25) is 0 Å². The number of ether oxygens (including phenoxy) is 3. The lowest BCUT2D eigenvalue weighted by Crippen LogP contribution is -1.97. The Morgan fingerprint density at radius 2 is 1.88 bits per heavy atom. The molecule has 2 aromatic carbocycles. The SMILES string of the molecule is C=C(OCC)c1ccc2c(OCc3ccc(OC)cc3)ccnc2c1. The van der Waals surface area contributed by atoms with E-state index in [-0.39, 0.29) is 0 Å². The molecular weight excluding hydrogens is 314 g/mol. The van der Waals surface area contributed by atoms with Crippen LogP contribution in [0.5, 0.6) is 11.5 Å². The van der Waals surface area contributed by atoms with E-state index in [0.29, 0.717) is 19.0 Å². The van der Waals surface area contributed by atoms with E-state index in [1.165, 1.54) is 0 Å². The predicted octanol–water partition coefficient (Wildman–Crippen LogP) is 4.83. The molecule has 4 heteroatoms. The number of hydrogen-bond donors (Lipinski definition) is 0. The summed E-state index contributed by atoms with van der Waals surface area (Å²) in [7, 11) is 1.66. The monoisotopic (exact) mass is 335 g/mol. The first-order valence-electron chi connectivity index (χ1n) is 8.18. The van der Waals surface area contributed by atoms with Gasteiger partial charge in [0.25, 0.3) is 0 Å². The van der Waals surface area contributed by atoms with Gasteiger partial charge in [0.15, 0.2) is 0 Å². The van der Waals surface area contributed by atoms with Crippen molar-refractivity contribution >= 4 is 16.7 Å². The number of benzene rings is 2. The third kappa shape index (κ3) is 3.91. The highest BCUT2D eigenvalue weighted by molar-refractivity contribution is 5.87. The minimum absolute atomic E-state index is 0.483. The van der Waals surface area contributed by atoms with Crippen LogP contribution in [0.2, 0.25) is 0 Å². The minimum atomic E-state index is 0.483. The zero-order valence-corrected chi connectivity index (χ0v) is 14.5. The molecule has 4 nitrogen and oxygen atoms in total. The maximum atomic E-state index is 5.99. The largest absolute Gasteiger partial charge is 0.497 e. The van der Waals surface area contributed by atoms with Crippen LogP contribution in [0.4, 0.5) is 0 Å². The van der Waals surface area contributed by atoms with Crippen LogP contribution in [-0.4, -0.2) is 18.7 Å². The first-order chi connectivity index (χ1) is 12.2. The van der Waals surface area contributed by atoms with Crippen molar-refractivity contribution in [2.75, 3.05) is 13.7 Å². The Morgan fingerprint density at radius 3 is 2.60 bits per heavy atom. The number of aromatic nitrogens is 1. The molecule has 0 saturated heterocycles. The van der Waals surface area contributed by atoms with Gasteiger partial charge < -0.3 is 14.2 Å². The van der Waals surface area contributed by atoms with Gasteiger partial charge in [-0.1, -0.05) is 24.8 Å². The van der Waals surface area contributed by atoms with E-state index in [1.807, 2.05) is 55.5 Å². The first kappa shape index (κ1) is 16.8. The third-order valence-electron chi connectivity index (χ3n) is 3.90. The van der Waals surface area contributed by atoms with Crippen molar-refractivity contribution in [1.29, 1.82) is 0 Å². The molecule has 3 rings (SSSR count). The third-order valence-corrected chi connectivity index (χ3v) is 3.90. The van der Waals surface area contributed by atoms with Gasteiger partial charge in [-0.2, -0.15) is 0 Å². The maximum absolute atomic E-state index is 5.99. The summed E-state index contributed by atoms with van der Waals surface area (Å²) in [4.78, 5) is 4.43. The smallest absolute Gasteiger partial charge is 0.130 e. The van der Waals surface area contributed by atoms with E-state index >= 15 is 0 Å². The van der Waals surface area contributed by atoms with Gasteiger partial charge in [0, 0.05) is 17.1 Å². The van der Waals surface area contributed by atoms with Crippen molar-refractivity contribution in [2.45, 2.75) is 13.5 Å². The van der Waals surface area contributed by atoms with Crippen molar-refractivity contribution in [3.05, 3.63) is 72.4 Å². The van der Waals surface area contributed by atoms with Crippen molar-refractivity contribution in [2.24, 2.45) is 0 Å². The summed E-state index contributed by atoms with van der Waals surface area (Å²) < 4.78 is 16.6. The van der Waals surface area contributed by atoms with Crippen LogP contribution in [0, 0.1) is 0 Å². The Hall–Kier alpha value is -3.01. The maximum Gasteiger partial charge on any atom is 0.130 e. The highest BCUT2D eigenvalue weighted by atomic mass is 16.5. The Morgan fingerprint density at radius 1 is 1.08 bits per heavy atom. The van der Waals surface area contributed by atoms with Gasteiger partial charge in [-0.25, -0.2) is 0 Å². The molecule has 128 valence electrons. The molecule has 0 spiro atoms. The van der Waals surface area contributed by atoms with E-state index < -0.39 is 0 Å². The molecule has 1 heterocycles. The average Bonchev–Trinajstić information content (AvgIpc) is 2.66. The Kier molecular flexibility index (Phi) is 5.19. The molecule has 3 aromatic rings. The van der Waals surface area contributed by atoms with Crippen molar-refractivity contribution in [3.8, 4) is 11.5 Å². The molecule has 0 amide bonds. The lowest BCUT2D eigenvalue weighted by atomic mass is 10.1. The molecule has 0 fully saturated rings. The van der Waals surface area contributed by atoms with Gasteiger partial charge in [-0.15, -0.1) is 0 Å². The van der Waals surface area contributed by atoms with Crippen molar-refractivity contribution < 1.29 is 14.2 Å². The van der Waals surface area contributed by atoms with Crippen LogP contribution >= 0.6 is 0 Å². The van der Waals surface area contributed by atoms with E-state index in [1.54, 1.807) is 13.3 Å². The second kappa shape index (κ2) is 7.71. The Bertz CT molecular complexity index is 872. The number of fused-ring (bicyclic) bond motifs is 1. The molecule has 0 N–H and O–H groups in total. The van der Waals surface area contributed by atoms with E-state index in [0.717, 1.165) is 33.5 Å². The molecule has 0 atom stereocenters. The zero-order chi connectivity index (χ0) is 17.6. The van der Waals surface area contributed by atoms with Gasteiger partial charge >= 0.3 is 0 Å². The number of rotatable bonds is 7. The summed E-state index contributed by atoms with van der Waals surface area (Å²) in [5.41, 5.74) is 2.85. The zero-order valence-electron chi connectivity index (χ0n) is 14.5. The summed E-state index contributed by atoms with van der Waals surface area (Å²) in [6, 6.07) is 15.6. The fraction of sp³-hybridized carbons (Fsp3) is 0.190. The van der Waals surface area contributed by atoms with Crippen LogP contribution < -0.4 is 9.47 Å². The lowest BCUT2D eigenvalue weighted by Gasteiger charge is -2.11. The van der Waals surface area contributed by atoms with Gasteiger partial charge in [-0.05, 0) is 42.8 Å². The van der Waals surface area contributed by atoms with E-state index in [2.05, 4.69) is 11.6 Å². The Balaban J connectivity index is 1.80. The van der Waals surface area contributed by atoms with Crippen LogP contribution in [0.15, 0.2) is 61.3 Å². The van der Waals surface area contributed by atoms with Gasteiger partial charge in [-0.3, -0.25) is 4.98 Å². The first-order valence-corrected chi connectivity index (χ1v) is 8.18. The fourth-order valence-corrected chi connectivity index (χ4v) is 2.56. The number of pyridine rings is 1. The predicted molar refractivity (Wildman–Crippen MR) is 99.7 cm³/mol. The second-order valence-corrected chi connectivity index (χ2v) is 5.53. The summed E-state index contributed by atoms with van der Waals surface area (Å²) in [6.07, 6.45) is 1.75. The molecule has 25 heavy (non-hydrogen) atoms. The fourth-order valence-electron chi connectivity index (χ4n) is 2.56. The Labute approximate surface area is 147 Å². The van der Waals surface area contributed by atoms with Crippen molar-refractivity contribution in [1.82, 2.24) is 4.98 Å². The van der Waals surface area contributed by atoms with Gasteiger partial charge in [0.05, 0.1) is 19.2 Å². The number of nitrogens with zero attached hydrogens (tertiary/aromatic N) is 1. The summed E-state index contributed by atoms with van der Waals surface area (Å²) in [5.74, 6) is 2.28. The summed E-state index contributed by atoms with van der Waals surface area (Å²) in [5, 5.41) is 0.962. The van der Waals surface area contributed by atoms with E-state index in [4.69, 9.17) is 14.2 Å².